The topological polar surface area (TPSA) is 29.6 Å². The van der Waals surface area contributed by atoms with E-state index in [-0.39, 0.29) is 5.60 Å². The molecule has 0 N–H and O–H groups in total. The van der Waals surface area contributed by atoms with Crippen LogP contribution in [0.5, 0.6) is 0 Å². The average Bonchev–Trinajstić information content (AvgIpc) is 2.53. The van der Waals surface area contributed by atoms with Crippen LogP contribution in [0, 0.1) is 0 Å². The number of epoxide rings is 1. The standard InChI is InChI=1S/C8H12O2/c1-6-8(10-6)4-2-7(9)3-5-8/h6H,2-5H2,1H3. The van der Waals surface area contributed by atoms with Gasteiger partial charge in [0.2, 0.25) is 0 Å². The quantitative estimate of drug-likeness (QED) is 0.474. The van der Waals surface area contributed by atoms with Crippen molar-refractivity contribution in [1.82, 2.24) is 0 Å². The van der Waals surface area contributed by atoms with Crippen molar-refractivity contribution in [2.24, 2.45) is 0 Å². The van der Waals surface area contributed by atoms with Gasteiger partial charge in [-0.2, -0.15) is 0 Å². The second-order valence-corrected chi connectivity index (χ2v) is 3.36. The molecule has 2 aliphatic rings. The first-order valence-electron chi connectivity index (χ1n) is 3.92. The summed E-state index contributed by atoms with van der Waals surface area (Å²) in [5.74, 6) is 0.410. The molecule has 1 spiro atoms. The Labute approximate surface area is 60.6 Å². The van der Waals surface area contributed by atoms with Crippen molar-refractivity contribution < 1.29 is 9.53 Å². The van der Waals surface area contributed by atoms with E-state index in [4.69, 9.17) is 4.74 Å². The molecule has 1 unspecified atom stereocenters. The van der Waals surface area contributed by atoms with Gasteiger partial charge in [0.25, 0.3) is 0 Å². The third-order valence-electron chi connectivity index (χ3n) is 2.75. The van der Waals surface area contributed by atoms with E-state index in [1.54, 1.807) is 0 Å². The lowest BCUT2D eigenvalue weighted by Crippen LogP contribution is -2.22. The molecule has 0 amide bonds. The summed E-state index contributed by atoms with van der Waals surface area (Å²) >= 11 is 0. The largest absolute Gasteiger partial charge is 0.366 e. The number of carbonyl (C=O) groups excluding carboxylic acids is 1. The van der Waals surface area contributed by atoms with E-state index in [1.165, 1.54) is 0 Å². The molecule has 1 saturated heterocycles. The van der Waals surface area contributed by atoms with Crippen molar-refractivity contribution in [2.45, 2.75) is 44.3 Å². The zero-order valence-corrected chi connectivity index (χ0v) is 6.22. The van der Waals surface area contributed by atoms with Gasteiger partial charge in [-0.15, -0.1) is 0 Å². The molecule has 0 radical (unpaired) electrons. The minimum absolute atomic E-state index is 0.147. The van der Waals surface area contributed by atoms with Gasteiger partial charge in [-0.1, -0.05) is 0 Å². The van der Waals surface area contributed by atoms with Gasteiger partial charge < -0.3 is 4.74 Å². The summed E-state index contributed by atoms with van der Waals surface area (Å²) in [7, 11) is 0. The third kappa shape index (κ3) is 0.788. The molecule has 2 nitrogen and oxygen atoms in total. The predicted octanol–water partition coefficient (Wildman–Crippen LogP) is 1.29. The fraction of sp³-hybridized carbons (Fsp3) is 0.875. The fourth-order valence-electron chi connectivity index (χ4n) is 1.79. The summed E-state index contributed by atoms with van der Waals surface area (Å²) in [6.45, 7) is 2.09. The van der Waals surface area contributed by atoms with Crippen LogP contribution in [0.15, 0.2) is 0 Å². The van der Waals surface area contributed by atoms with Gasteiger partial charge in [-0.05, 0) is 19.8 Å². The van der Waals surface area contributed by atoms with E-state index in [1.807, 2.05) is 0 Å². The monoisotopic (exact) mass is 140 g/mol. The molecule has 0 bridgehead atoms. The maximum Gasteiger partial charge on any atom is 0.133 e. The van der Waals surface area contributed by atoms with Gasteiger partial charge in [-0.25, -0.2) is 0 Å². The summed E-state index contributed by atoms with van der Waals surface area (Å²) in [5, 5.41) is 0. The number of carbonyl (C=O) groups is 1. The average molecular weight is 140 g/mol. The Balaban J connectivity index is 1.99. The number of hydrogen-bond donors (Lipinski definition) is 0. The highest BCUT2D eigenvalue weighted by Gasteiger charge is 2.54. The molecule has 0 aromatic carbocycles. The van der Waals surface area contributed by atoms with Gasteiger partial charge >= 0.3 is 0 Å². The zero-order valence-electron chi connectivity index (χ0n) is 6.22. The number of rotatable bonds is 0. The summed E-state index contributed by atoms with van der Waals surface area (Å²) < 4.78 is 5.44. The molecule has 0 aromatic rings. The highest BCUT2D eigenvalue weighted by molar-refractivity contribution is 5.79. The molecule has 56 valence electrons. The summed E-state index contributed by atoms with van der Waals surface area (Å²) in [4.78, 5) is 10.8. The van der Waals surface area contributed by atoms with E-state index in [2.05, 4.69) is 6.92 Å². The molecule has 1 heterocycles. The van der Waals surface area contributed by atoms with E-state index < -0.39 is 0 Å². The molecule has 1 atom stereocenters. The minimum Gasteiger partial charge on any atom is -0.366 e. The van der Waals surface area contributed by atoms with Crippen LogP contribution < -0.4 is 0 Å². The van der Waals surface area contributed by atoms with Crippen molar-refractivity contribution in [1.29, 1.82) is 0 Å². The molecular weight excluding hydrogens is 128 g/mol. The van der Waals surface area contributed by atoms with Gasteiger partial charge in [0.1, 0.15) is 5.78 Å². The normalized spacial score (nSPS) is 36.5. The first kappa shape index (κ1) is 6.35. The van der Waals surface area contributed by atoms with Gasteiger partial charge in [0, 0.05) is 12.8 Å². The highest BCUT2D eigenvalue weighted by atomic mass is 16.6. The number of Topliss-reactive ketones (excluding diaryl/α,β-unsaturated/α-hetero) is 1. The smallest absolute Gasteiger partial charge is 0.133 e. The van der Waals surface area contributed by atoms with Crippen molar-refractivity contribution in [3.63, 3.8) is 0 Å². The third-order valence-corrected chi connectivity index (χ3v) is 2.75. The lowest BCUT2D eigenvalue weighted by Gasteiger charge is -2.16. The van der Waals surface area contributed by atoms with Crippen LogP contribution in [0.25, 0.3) is 0 Å². The van der Waals surface area contributed by atoms with Crippen LogP contribution in [0.4, 0.5) is 0 Å². The first-order valence-corrected chi connectivity index (χ1v) is 3.92. The van der Waals surface area contributed by atoms with Gasteiger partial charge in [-0.3, -0.25) is 4.79 Å². The Morgan fingerprint density at radius 1 is 1.50 bits per heavy atom. The second-order valence-electron chi connectivity index (χ2n) is 3.36. The first-order chi connectivity index (χ1) is 4.73. The number of hydrogen-bond acceptors (Lipinski definition) is 2. The molecule has 2 rings (SSSR count). The fourth-order valence-corrected chi connectivity index (χ4v) is 1.79. The van der Waals surface area contributed by atoms with E-state index in [0.717, 1.165) is 25.7 Å². The molecule has 2 fully saturated rings. The van der Waals surface area contributed by atoms with Crippen molar-refractivity contribution >= 4 is 5.78 Å². The maximum atomic E-state index is 10.8. The Hall–Kier alpha value is -0.370. The van der Waals surface area contributed by atoms with Crippen molar-refractivity contribution in [2.75, 3.05) is 0 Å². The number of ether oxygens (including phenoxy) is 1. The molecule has 2 heteroatoms. The Morgan fingerprint density at radius 3 is 2.40 bits per heavy atom. The van der Waals surface area contributed by atoms with E-state index >= 15 is 0 Å². The zero-order chi connectivity index (χ0) is 7.19. The summed E-state index contributed by atoms with van der Waals surface area (Å²) in [6.07, 6.45) is 3.83. The van der Waals surface area contributed by atoms with E-state index in [9.17, 15) is 4.79 Å². The van der Waals surface area contributed by atoms with Crippen LogP contribution >= 0.6 is 0 Å². The Kier molecular flexibility index (Phi) is 1.15. The molecule has 1 aliphatic heterocycles. The summed E-state index contributed by atoms with van der Waals surface area (Å²) in [6, 6.07) is 0. The highest BCUT2D eigenvalue weighted by Crippen LogP contribution is 2.46. The number of ketones is 1. The van der Waals surface area contributed by atoms with Gasteiger partial charge in [0.05, 0.1) is 11.7 Å². The lowest BCUT2D eigenvalue weighted by molar-refractivity contribution is -0.121. The van der Waals surface area contributed by atoms with Gasteiger partial charge in [0.15, 0.2) is 0 Å². The van der Waals surface area contributed by atoms with Crippen molar-refractivity contribution in [3.05, 3.63) is 0 Å². The lowest BCUT2D eigenvalue weighted by atomic mass is 9.86. The molecule has 1 saturated carbocycles. The SMILES string of the molecule is CC1OC12CCC(=O)CC2. The Bertz CT molecular complexity index is 164. The molecule has 0 aromatic heterocycles. The van der Waals surface area contributed by atoms with Crippen LogP contribution in [0.3, 0.4) is 0 Å². The molecule has 1 aliphatic carbocycles. The molecular formula is C8H12O2. The Morgan fingerprint density at radius 2 is 2.00 bits per heavy atom. The predicted molar refractivity (Wildman–Crippen MR) is 36.8 cm³/mol. The second kappa shape index (κ2) is 1.82. The van der Waals surface area contributed by atoms with Crippen LogP contribution in [-0.4, -0.2) is 17.5 Å². The van der Waals surface area contributed by atoms with Crippen LogP contribution in [0.2, 0.25) is 0 Å². The summed E-state index contributed by atoms with van der Waals surface area (Å²) in [5.41, 5.74) is 0.147. The maximum absolute atomic E-state index is 10.8. The van der Waals surface area contributed by atoms with Crippen LogP contribution in [0.1, 0.15) is 32.6 Å². The van der Waals surface area contributed by atoms with E-state index in [0.29, 0.717) is 11.9 Å². The molecule has 10 heavy (non-hydrogen) atoms. The van der Waals surface area contributed by atoms with Crippen LogP contribution in [-0.2, 0) is 9.53 Å². The van der Waals surface area contributed by atoms with Crippen molar-refractivity contribution in [3.8, 4) is 0 Å². The minimum atomic E-state index is 0.147.